The lowest BCUT2D eigenvalue weighted by Crippen LogP contribution is -2.79. The lowest BCUT2D eigenvalue weighted by molar-refractivity contribution is -0.126. The zero-order valence-electron chi connectivity index (χ0n) is 8.03. The fourth-order valence-corrected chi connectivity index (χ4v) is 1.61. The fourth-order valence-electron chi connectivity index (χ4n) is 1.61. The summed E-state index contributed by atoms with van der Waals surface area (Å²) in [5.41, 5.74) is -4.25. The Bertz CT molecular complexity index is 507. The van der Waals surface area contributed by atoms with Gasteiger partial charge in [-0.05, 0) is 0 Å². The quantitative estimate of drug-likeness (QED) is 0.397. The van der Waals surface area contributed by atoms with Crippen molar-refractivity contribution in [1.29, 1.82) is 10.5 Å². The Labute approximate surface area is 101 Å². The molecule has 2 heterocycles. The van der Waals surface area contributed by atoms with Gasteiger partial charge in [0.2, 0.25) is 0 Å². The highest BCUT2D eigenvalue weighted by atomic mass is 35.5. The van der Waals surface area contributed by atoms with E-state index in [1.807, 2.05) is 16.0 Å². The first kappa shape index (κ1) is 12.5. The van der Waals surface area contributed by atoms with E-state index in [2.05, 4.69) is 0 Å². The number of hydrogen-bond donors (Lipinski definition) is 4. The Balaban J connectivity index is 0.00000144. The van der Waals surface area contributed by atoms with Crippen LogP contribution in [0.4, 0.5) is 9.59 Å². The van der Waals surface area contributed by atoms with Gasteiger partial charge in [0.15, 0.2) is 0 Å². The van der Waals surface area contributed by atoms with Crippen LogP contribution in [0.5, 0.6) is 0 Å². The molecule has 2 aliphatic rings. The number of carbonyl (C=O) groups is 3. The highest BCUT2D eigenvalue weighted by Crippen LogP contribution is 2.26. The number of hydrogen-bond acceptors (Lipinski definition) is 5. The molecule has 2 unspecified atom stereocenters. The number of nitrogens with zero attached hydrogens (tertiary/aromatic N) is 2. The largest absolute Gasteiger partial charge is 0.324 e. The normalized spacial score (nSPS) is 33.6. The minimum absolute atomic E-state index is 0. The van der Waals surface area contributed by atoms with Gasteiger partial charge in [-0.25, -0.2) is 9.59 Å². The van der Waals surface area contributed by atoms with Crippen molar-refractivity contribution >= 4 is 30.4 Å². The van der Waals surface area contributed by atoms with Crippen LogP contribution in [0.3, 0.4) is 0 Å². The summed E-state index contributed by atoms with van der Waals surface area (Å²) in [6.45, 7) is 0. The van der Waals surface area contributed by atoms with Crippen LogP contribution in [0.1, 0.15) is 0 Å². The second kappa shape index (κ2) is 3.50. The van der Waals surface area contributed by atoms with E-state index in [0.717, 1.165) is 0 Å². The van der Waals surface area contributed by atoms with E-state index in [-0.39, 0.29) is 12.4 Å². The molecule has 0 spiro atoms. The number of fused-ring (bicyclic) bond motifs is 1. The third-order valence-corrected chi connectivity index (χ3v) is 2.37. The first-order valence-electron chi connectivity index (χ1n) is 4.06. The van der Waals surface area contributed by atoms with Crippen LogP contribution >= 0.6 is 12.4 Å². The fraction of sp³-hybridized carbons (Fsp3) is 0.286. The van der Waals surface area contributed by atoms with Crippen molar-refractivity contribution in [3.8, 4) is 12.1 Å². The van der Waals surface area contributed by atoms with Crippen LogP contribution in [0.2, 0.25) is 0 Å². The first-order chi connectivity index (χ1) is 7.49. The van der Waals surface area contributed by atoms with Gasteiger partial charge in [-0.3, -0.25) is 20.7 Å². The maximum absolute atomic E-state index is 11.5. The highest BCUT2D eigenvalue weighted by Gasteiger charge is 2.68. The molecule has 0 radical (unpaired) electrons. The van der Waals surface area contributed by atoms with Crippen molar-refractivity contribution < 1.29 is 14.4 Å². The third kappa shape index (κ3) is 1.26. The maximum atomic E-state index is 11.5. The van der Waals surface area contributed by atoms with Gasteiger partial charge < -0.3 is 5.32 Å². The number of halogens is 1. The molecule has 17 heavy (non-hydrogen) atoms. The van der Waals surface area contributed by atoms with Gasteiger partial charge >= 0.3 is 12.1 Å². The van der Waals surface area contributed by atoms with Gasteiger partial charge in [0.05, 0.1) is 0 Å². The number of urea groups is 2. The van der Waals surface area contributed by atoms with E-state index in [0.29, 0.717) is 0 Å². The number of imide groups is 1. The SMILES string of the molecule is Cl.N#CC12NC(=O)NC(=O)C1(C#N)NC(=O)N2. The molecule has 9 nitrogen and oxygen atoms in total. The average Bonchev–Trinajstić information content (AvgIpc) is 2.52. The molecule has 0 bridgehead atoms. The zero-order valence-corrected chi connectivity index (χ0v) is 8.84. The van der Waals surface area contributed by atoms with Crippen LogP contribution < -0.4 is 21.3 Å². The third-order valence-electron chi connectivity index (χ3n) is 2.37. The van der Waals surface area contributed by atoms with E-state index < -0.39 is 29.2 Å². The zero-order chi connectivity index (χ0) is 12.0. The molecule has 5 amide bonds. The number of carbonyl (C=O) groups excluding carboxylic acids is 3. The average molecular weight is 257 g/mol. The molecule has 0 aromatic carbocycles. The molecule has 2 atom stereocenters. The molecule has 2 rings (SSSR count). The number of rotatable bonds is 0. The van der Waals surface area contributed by atoms with E-state index in [9.17, 15) is 14.4 Å². The molecule has 2 saturated heterocycles. The van der Waals surface area contributed by atoms with Gasteiger partial charge in [0.1, 0.15) is 12.1 Å². The van der Waals surface area contributed by atoms with Gasteiger partial charge in [-0.2, -0.15) is 10.5 Å². The Morgan fingerprint density at radius 3 is 2.06 bits per heavy atom. The van der Waals surface area contributed by atoms with Crippen molar-refractivity contribution in [2.45, 2.75) is 11.2 Å². The lowest BCUT2D eigenvalue weighted by Gasteiger charge is -2.36. The van der Waals surface area contributed by atoms with Gasteiger partial charge in [0, 0.05) is 0 Å². The predicted octanol–water partition coefficient (Wildman–Crippen LogP) is -1.96. The number of nitrogens with one attached hydrogen (secondary N) is 4. The Morgan fingerprint density at radius 2 is 1.53 bits per heavy atom. The van der Waals surface area contributed by atoms with Crippen LogP contribution in [0.15, 0.2) is 0 Å². The van der Waals surface area contributed by atoms with E-state index in [1.54, 1.807) is 11.4 Å². The highest BCUT2D eigenvalue weighted by molar-refractivity contribution is 6.10. The first-order valence-corrected chi connectivity index (χ1v) is 4.06. The van der Waals surface area contributed by atoms with Crippen molar-refractivity contribution in [3.05, 3.63) is 0 Å². The summed E-state index contributed by atoms with van der Waals surface area (Å²) in [5, 5.41) is 25.8. The second-order valence-electron chi connectivity index (χ2n) is 3.21. The van der Waals surface area contributed by atoms with Crippen molar-refractivity contribution in [1.82, 2.24) is 21.3 Å². The van der Waals surface area contributed by atoms with Crippen LogP contribution in [0, 0.1) is 22.7 Å². The topological polar surface area (TPSA) is 147 Å². The Hall–Kier alpha value is -2.52. The summed E-state index contributed by atoms with van der Waals surface area (Å²) in [6, 6.07) is 1.24. The monoisotopic (exact) mass is 256 g/mol. The summed E-state index contributed by atoms with van der Waals surface area (Å²) in [7, 11) is 0. The Morgan fingerprint density at radius 1 is 0.941 bits per heavy atom. The minimum atomic E-state index is -2.16. The van der Waals surface area contributed by atoms with Crippen LogP contribution in [-0.2, 0) is 4.79 Å². The standard InChI is InChI=1S/C7H4N6O3.ClH/c8-1-6-3(14)10-4(15)12-7(6,2-9)13-5(16)11-6;/h(H2,11,13,16)(H2,10,12,14,15);1H. The van der Waals surface area contributed by atoms with Gasteiger partial charge in [0.25, 0.3) is 17.1 Å². The predicted molar refractivity (Wildman–Crippen MR) is 52.3 cm³/mol. The lowest BCUT2D eigenvalue weighted by atomic mass is 9.85. The molecule has 2 fully saturated rings. The molecule has 0 aliphatic carbocycles. The van der Waals surface area contributed by atoms with E-state index in [1.165, 1.54) is 6.07 Å². The molecule has 4 N–H and O–H groups in total. The minimum Gasteiger partial charge on any atom is -0.307 e. The molecular weight excluding hydrogens is 252 g/mol. The second-order valence-corrected chi connectivity index (χ2v) is 3.21. The van der Waals surface area contributed by atoms with Crippen molar-refractivity contribution in [2.24, 2.45) is 0 Å². The van der Waals surface area contributed by atoms with Crippen molar-refractivity contribution in [2.75, 3.05) is 0 Å². The van der Waals surface area contributed by atoms with Crippen LogP contribution in [0.25, 0.3) is 0 Å². The number of nitriles is 2. The summed E-state index contributed by atoms with van der Waals surface area (Å²) in [5.74, 6) is -1.06. The molecule has 0 aromatic heterocycles. The smallest absolute Gasteiger partial charge is 0.307 e. The van der Waals surface area contributed by atoms with Gasteiger partial charge in [-0.1, -0.05) is 0 Å². The molecular formula is C7H5ClN6O3. The summed E-state index contributed by atoms with van der Waals surface area (Å²) in [6.07, 6.45) is 0. The molecule has 0 aromatic rings. The summed E-state index contributed by atoms with van der Waals surface area (Å²) >= 11 is 0. The summed E-state index contributed by atoms with van der Waals surface area (Å²) < 4.78 is 0. The van der Waals surface area contributed by atoms with E-state index in [4.69, 9.17) is 10.5 Å². The van der Waals surface area contributed by atoms with Crippen molar-refractivity contribution in [3.63, 3.8) is 0 Å². The Kier molecular flexibility index (Phi) is 2.59. The molecule has 88 valence electrons. The van der Waals surface area contributed by atoms with E-state index >= 15 is 0 Å². The maximum Gasteiger partial charge on any atom is 0.324 e. The van der Waals surface area contributed by atoms with Crippen LogP contribution in [-0.4, -0.2) is 29.2 Å². The number of amides is 5. The summed E-state index contributed by atoms with van der Waals surface area (Å²) in [4.78, 5) is 33.7. The molecule has 0 saturated carbocycles. The van der Waals surface area contributed by atoms with Gasteiger partial charge in [-0.15, -0.1) is 12.4 Å². The molecule has 2 aliphatic heterocycles. The molecule has 10 heteroatoms.